The van der Waals surface area contributed by atoms with E-state index in [-0.39, 0.29) is 29.7 Å². The van der Waals surface area contributed by atoms with Gasteiger partial charge >= 0.3 is 0 Å². The third kappa shape index (κ3) is 11.4. The zero-order valence-corrected chi connectivity index (χ0v) is 17.2. The van der Waals surface area contributed by atoms with E-state index in [1.807, 2.05) is 13.8 Å². The molecule has 0 bridgehead atoms. The molecule has 7 nitrogen and oxygen atoms in total. The van der Waals surface area contributed by atoms with Crippen LogP contribution >= 0.6 is 24.0 Å². The van der Waals surface area contributed by atoms with Crippen LogP contribution in [0.25, 0.3) is 0 Å². The van der Waals surface area contributed by atoms with Crippen LogP contribution in [0, 0.1) is 0 Å². The fourth-order valence-corrected chi connectivity index (χ4v) is 2.42. The predicted molar refractivity (Wildman–Crippen MR) is 103 cm³/mol. The Labute approximate surface area is 152 Å². The van der Waals surface area contributed by atoms with Gasteiger partial charge in [0.2, 0.25) is 10.0 Å². The van der Waals surface area contributed by atoms with Gasteiger partial charge in [0.25, 0.3) is 0 Å². The molecule has 22 heavy (non-hydrogen) atoms. The number of guanidine groups is 1. The van der Waals surface area contributed by atoms with Gasteiger partial charge in [0, 0.05) is 39.8 Å². The molecule has 0 aliphatic rings. The van der Waals surface area contributed by atoms with Gasteiger partial charge in [-0.25, -0.2) is 12.7 Å². The first kappa shape index (κ1) is 24.1. The summed E-state index contributed by atoms with van der Waals surface area (Å²) in [7, 11) is -1.49. The van der Waals surface area contributed by atoms with Crippen molar-refractivity contribution in [1.29, 1.82) is 0 Å². The van der Waals surface area contributed by atoms with Crippen molar-refractivity contribution < 1.29 is 13.2 Å². The maximum atomic E-state index is 11.6. The van der Waals surface area contributed by atoms with Gasteiger partial charge in [-0.2, -0.15) is 0 Å². The summed E-state index contributed by atoms with van der Waals surface area (Å²) < 4.78 is 29.8. The van der Waals surface area contributed by atoms with E-state index in [0.29, 0.717) is 39.3 Å². The molecule has 0 aromatic rings. The van der Waals surface area contributed by atoms with Crippen LogP contribution in [0.1, 0.15) is 27.2 Å². The molecule has 0 heterocycles. The summed E-state index contributed by atoms with van der Waals surface area (Å²) in [5, 5.41) is 6.31. The second-order valence-corrected chi connectivity index (χ2v) is 6.82. The van der Waals surface area contributed by atoms with Crippen molar-refractivity contribution in [2.24, 2.45) is 4.99 Å². The number of hydrogen-bond donors (Lipinski definition) is 2. The first-order chi connectivity index (χ1) is 9.97. The van der Waals surface area contributed by atoms with Crippen LogP contribution in [0.5, 0.6) is 0 Å². The van der Waals surface area contributed by atoms with Gasteiger partial charge in [0.05, 0.1) is 12.4 Å². The van der Waals surface area contributed by atoms with Crippen molar-refractivity contribution in [2.75, 3.05) is 52.2 Å². The second kappa shape index (κ2) is 14.5. The molecular formula is C13H31IN4O3S. The lowest BCUT2D eigenvalue weighted by atomic mass is 10.4. The summed E-state index contributed by atoms with van der Waals surface area (Å²) in [6.07, 6.45) is 0.692. The van der Waals surface area contributed by atoms with Crippen LogP contribution < -0.4 is 10.6 Å². The summed E-state index contributed by atoms with van der Waals surface area (Å²) in [6.45, 7) is 9.49. The van der Waals surface area contributed by atoms with Crippen molar-refractivity contribution in [2.45, 2.75) is 27.2 Å². The van der Waals surface area contributed by atoms with Crippen LogP contribution in [0.3, 0.4) is 0 Å². The minimum Gasteiger partial charge on any atom is -0.380 e. The molecule has 0 saturated carbocycles. The normalized spacial score (nSPS) is 12.1. The standard InChI is InChI=1S/C13H30N4O3S.HI/c1-5-14-13(16-10-12-20-6-2)15-9-8-11-17(4)21(18,19)7-3;/h5-12H2,1-4H3,(H2,14,15,16);1H. The molecule has 0 aromatic carbocycles. The van der Waals surface area contributed by atoms with E-state index in [4.69, 9.17) is 4.74 Å². The first-order valence-corrected chi connectivity index (χ1v) is 9.12. The van der Waals surface area contributed by atoms with Crippen molar-refractivity contribution in [1.82, 2.24) is 14.9 Å². The smallest absolute Gasteiger partial charge is 0.213 e. The number of halogens is 1. The quantitative estimate of drug-likeness (QED) is 0.211. The molecule has 0 unspecified atom stereocenters. The molecule has 0 aliphatic carbocycles. The van der Waals surface area contributed by atoms with E-state index in [2.05, 4.69) is 15.6 Å². The molecule has 0 aromatic heterocycles. The van der Waals surface area contributed by atoms with Crippen LogP contribution in [0.2, 0.25) is 0 Å². The molecule has 2 N–H and O–H groups in total. The van der Waals surface area contributed by atoms with Crippen molar-refractivity contribution >= 4 is 40.0 Å². The van der Waals surface area contributed by atoms with E-state index in [9.17, 15) is 8.42 Å². The van der Waals surface area contributed by atoms with E-state index in [1.54, 1.807) is 14.0 Å². The van der Waals surface area contributed by atoms with E-state index < -0.39 is 10.0 Å². The Morgan fingerprint density at radius 1 is 1.23 bits per heavy atom. The van der Waals surface area contributed by atoms with Gasteiger partial charge in [-0.1, -0.05) is 0 Å². The van der Waals surface area contributed by atoms with Gasteiger partial charge in [-0.15, -0.1) is 24.0 Å². The fraction of sp³-hybridized carbons (Fsp3) is 0.923. The zero-order valence-electron chi connectivity index (χ0n) is 14.1. The highest BCUT2D eigenvalue weighted by atomic mass is 127. The Hall–Kier alpha value is -0.130. The Kier molecular flexibility index (Phi) is 15.9. The third-order valence-electron chi connectivity index (χ3n) is 2.83. The van der Waals surface area contributed by atoms with E-state index in [0.717, 1.165) is 12.5 Å². The molecule has 9 heteroatoms. The van der Waals surface area contributed by atoms with Gasteiger partial charge < -0.3 is 15.4 Å². The number of ether oxygens (including phenoxy) is 1. The minimum atomic E-state index is -3.09. The molecule has 0 aliphatic heterocycles. The summed E-state index contributed by atoms with van der Waals surface area (Å²) in [5.41, 5.74) is 0. The zero-order chi connectivity index (χ0) is 16.1. The summed E-state index contributed by atoms with van der Waals surface area (Å²) in [5.74, 6) is 0.868. The lowest BCUT2D eigenvalue weighted by molar-refractivity contribution is 0.152. The molecule has 0 amide bonds. The third-order valence-corrected chi connectivity index (χ3v) is 4.69. The Morgan fingerprint density at radius 2 is 1.91 bits per heavy atom. The number of nitrogens with one attached hydrogen (secondary N) is 2. The molecule has 0 rings (SSSR count). The van der Waals surface area contributed by atoms with Crippen LogP contribution in [0.15, 0.2) is 4.99 Å². The highest BCUT2D eigenvalue weighted by Gasteiger charge is 2.13. The maximum Gasteiger partial charge on any atom is 0.213 e. The lowest BCUT2D eigenvalue weighted by Crippen LogP contribution is -2.39. The minimum absolute atomic E-state index is 0. The van der Waals surface area contributed by atoms with Crippen molar-refractivity contribution in [3.8, 4) is 0 Å². The Bertz CT molecular complexity index is 391. The van der Waals surface area contributed by atoms with Gasteiger partial charge in [-0.3, -0.25) is 4.99 Å². The lowest BCUT2D eigenvalue weighted by Gasteiger charge is -2.15. The fourth-order valence-electron chi connectivity index (χ4n) is 1.57. The first-order valence-electron chi connectivity index (χ1n) is 7.51. The van der Waals surface area contributed by atoms with E-state index in [1.165, 1.54) is 4.31 Å². The SMILES string of the molecule is CCNC(=NCCCN(C)S(=O)(=O)CC)NCCOCC.I. The van der Waals surface area contributed by atoms with Crippen LogP contribution in [-0.4, -0.2) is 70.9 Å². The molecule has 0 spiro atoms. The molecule has 0 fully saturated rings. The summed E-state index contributed by atoms with van der Waals surface area (Å²) >= 11 is 0. The van der Waals surface area contributed by atoms with Crippen molar-refractivity contribution in [3.63, 3.8) is 0 Å². The maximum absolute atomic E-state index is 11.6. The molecular weight excluding hydrogens is 419 g/mol. The Morgan fingerprint density at radius 3 is 2.45 bits per heavy atom. The second-order valence-electron chi connectivity index (χ2n) is 4.46. The van der Waals surface area contributed by atoms with Crippen molar-refractivity contribution in [3.05, 3.63) is 0 Å². The number of rotatable bonds is 11. The number of nitrogens with zero attached hydrogens (tertiary/aromatic N) is 2. The molecule has 0 saturated heterocycles. The topological polar surface area (TPSA) is 83.0 Å². The van der Waals surface area contributed by atoms with Gasteiger partial charge in [0.15, 0.2) is 5.96 Å². The molecule has 0 atom stereocenters. The highest BCUT2D eigenvalue weighted by Crippen LogP contribution is 1.98. The molecule has 0 radical (unpaired) electrons. The summed E-state index contributed by atoms with van der Waals surface area (Å²) in [4.78, 5) is 4.41. The number of hydrogen-bond acceptors (Lipinski definition) is 4. The monoisotopic (exact) mass is 450 g/mol. The number of sulfonamides is 1. The van der Waals surface area contributed by atoms with E-state index >= 15 is 0 Å². The average Bonchev–Trinajstić information content (AvgIpc) is 2.47. The van der Waals surface area contributed by atoms with Crippen LogP contribution in [-0.2, 0) is 14.8 Å². The number of aliphatic imine (C=N–C) groups is 1. The molecule has 134 valence electrons. The van der Waals surface area contributed by atoms with Gasteiger partial charge in [-0.05, 0) is 27.2 Å². The van der Waals surface area contributed by atoms with Gasteiger partial charge in [0.1, 0.15) is 0 Å². The Balaban J connectivity index is 0. The predicted octanol–water partition coefficient (Wildman–Crippen LogP) is 0.868. The largest absolute Gasteiger partial charge is 0.380 e. The summed E-state index contributed by atoms with van der Waals surface area (Å²) in [6, 6.07) is 0. The van der Waals surface area contributed by atoms with Crippen LogP contribution in [0.4, 0.5) is 0 Å². The average molecular weight is 450 g/mol. The highest BCUT2D eigenvalue weighted by molar-refractivity contribution is 14.0.